The fourth-order valence-electron chi connectivity index (χ4n) is 1.75. The van der Waals surface area contributed by atoms with Crippen LogP contribution in [-0.2, 0) is 13.0 Å². The van der Waals surface area contributed by atoms with Crippen LogP contribution in [-0.4, -0.2) is 21.3 Å². The lowest BCUT2D eigenvalue weighted by Gasteiger charge is -2.03. The zero-order valence-electron chi connectivity index (χ0n) is 10.6. The molecule has 0 amide bonds. The quantitative estimate of drug-likeness (QED) is 0.813. The van der Waals surface area contributed by atoms with Crippen molar-refractivity contribution < 1.29 is 0 Å². The Bertz CT molecular complexity index is 465. The summed E-state index contributed by atoms with van der Waals surface area (Å²) in [5, 5.41) is 0. The molecular formula is C14H19N3S. The second kappa shape index (κ2) is 6.61. The molecule has 2 N–H and O–H groups in total. The first kappa shape index (κ1) is 13.2. The normalized spacial score (nSPS) is 12.6. The molecule has 1 heterocycles. The number of aryl methyl sites for hydroxylation is 1. The van der Waals surface area contributed by atoms with Crippen LogP contribution in [0.3, 0.4) is 0 Å². The molecule has 0 aliphatic carbocycles. The van der Waals surface area contributed by atoms with E-state index in [4.69, 9.17) is 5.73 Å². The maximum atomic E-state index is 5.76. The molecular weight excluding hydrogens is 242 g/mol. The van der Waals surface area contributed by atoms with Crippen molar-refractivity contribution in [2.75, 3.05) is 5.75 Å². The van der Waals surface area contributed by atoms with Gasteiger partial charge in [0.1, 0.15) is 0 Å². The molecule has 96 valence electrons. The number of imidazole rings is 1. The molecule has 0 bridgehead atoms. The molecule has 0 saturated heterocycles. The smallest absolute Gasteiger partial charge is 0.0949 e. The van der Waals surface area contributed by atoms with E-state index in [-0.39, 0.29) is 6.04 Å². The average molecular weight is 261 g/mol. The van der Waals surface area contributed by atoms with Crippen molar-refractivity contribution in [1.82, 2.24) is 9.55 Å². The van der Waals surface area contributed by atoms with Crippen LogP contribution in [0.2, 0.25) is 0 Å². The Balaban J connectivity index is 1.78. The summed E-state index contributed by atoms with van der Waals surface area (Å²) in [6.45, 7) is 2.98. The van der Waals surface area contributed by atoms with Crippen LogP contribution in [0.15, 0.2) is 47.8 Å². The minimum absolute atomic E-state index is 0.173. The fourth-order valence-corrected chi connectivity index (χ4v) is 2.64. The molecule has 1 atom stereocenters. The summed E-state index contributed by atoms with van der Waals surface area (Å²) in [7, 11) is 0. The molecule has 18 heavy (non-hydrogen) atoms. The summed E-state index contributed by atoms with van der Waals surface area (Å²) in [5.41, 5.74) is 6.83. The Kier molecular flexibility index (Phi) is 4.84. The third kappa shape index (κ3) is 4.20. The zero-order valence-corrected chi connectivity index (χ0v) is 11.4. The minimum atomic E-state index is 0.173. The highest BCUT2D eigenvalue weighted by Crippen LogP contribution is 2.17. The number of nitrogens with zero attached hydrogens (tertiary/aromatic N) is 2. The second-order valence-electron chi connectivity index (χ2n) is 4.45. The van der Waals surface area contributed by atoms with Crippen LogP contribution >= 0.6 is 11.8 Å². The van der Waals surface area contributed by atoms with Crippen molar-refractivity contribution in [2.45, 2.75) is 30.8 Å². The number of thioether (sulfide) groups is 1. The predicted molar refractivity (Wildman–Crippen MR) is 76.7 cm³/mol. The highest BCUT2D eigenvalue weighted by Gasteiger charge is 2.02. The third-order valence-electron chi connectivity index (χ3n) is 2.58. The number of benzene rings is 1. The number of aromatic nitrogens is 2. The maximum Gasteiger partial charge on any atom is 0.0949 e. The third-order valence-corrected chi connectivity index (χ3v) is 3.57. The monoisotopic (exact) mass is 261 g/mol. The second-order valence-corrected chi connectivity index (χ2v) is 5.61. The predicted octanol–water partition coefficient (Wildman–Crippen LogP) is 2.57. The molecule has 0 radical (unpaired) electrons. The molecule has 1 unspecified atom stereocenters. The van der Waals surface area contributed by atoms with Gasteiger partial charge in [-0.15, -0.1) is 11.8 Å². The molecule has 2 rings (SSSR count). The van der Waals surface area contributed by atoms with Gasteiger partial charge in [0.05, 0.1) is 12.0 Å². The van der Waals surface area contributed by atoms with Gasteiger partial charge in [0.25, 0.3) is 0 Å². The maximum absolute atomic E-state index is 5.76. The fraction of sp³-hybridized carbons (Fsp3) is 0.357. The molecule has 0 aliphatic heterocycles. The van der Waals surface area contributed by atoms with E-state index in [0.29, 0.717) is 0 Å². The van der Waals surface area contributed by atoms with Crippen molar-refractivity contribution in [3.05, 3.63) is 48.5 Å². The van der Waals surface area contributed by atoms with Crippen LogP contribution < -0.4 is 5.73 Å². The van der Waals surface area contributed by atoms with Crippen molar-refractivity contribution in [2.24, 2.45) is 5.73 Å². The van der Waals surface area contributed by atoms with Crippen molar-refractivity contribution in [3.8, 4) is 0 Å². The SMILES string of the molecule is CC(N)Cc1cn(CCSc2ccccc2)cn1. The van der Waals surface area contributed by atoms with Gasteiger partial charge in [-0.1, -0.05) is 18.2 Å². The molecule has 0 saturated carbocycles. The number of hydrogen-bond acceptors (Lipinski definition) is 3. The summed E-state index contributed by atoms with van der Waals surface area (Å²) >= 11 is 1.87. The van der Waals surface area contributed by atoms with E-state index in [9.17, 15) is 0 Å². The van der Waals surface area contributed by atoms with Gasteiger partial charge in [0.2, 0.25) is 0 Å². The van der Waals surface area contributed by atoms with Crippen LogP contribution in [0.1, 0.15) is 12.6 Å². The minimum Gasteiger partial charge on any atom is -0.336 e. The summed E-state index contributed by atoms with van der Waals surface area (Å²) in [5.74, 6) is 1.05. The number of rotatable bonds is 6. The van der Waals surface area contributed by atoms with Crippen molar-refractivity contribution in [3.63, 3.8) is 0 Å². The van der Waals surface area contributed by atoms with Gasteiger partial charge in [0.15, 0.2) is 0 Å². The molecule has 4 heteroatoms. The first-order valence-electron chi connectivity index (χ1n) is 6.18. The topological polar surface area (TPSA) is 43.8 Å². The first-order valence-corrected chi connectivity index (χ1v) is 7.16. The van der Waals surface area contributed by atoms with Crippen LogP contribution in [0.5, 0.6) is 0 Å². The largest absolute Gasteiger partial charge is 0.336 e. The lowest BCUT2D eigenvalue weighted by molar-refractivity contribution is 0.722. The van der Waals surface area contributed by atoms with Crippen molar-refractivity contribution >= 4 is 11.8 Å². The van der Waals surface area contributed by atoms with Gasteiger partial charge in [-0.2, -0.15) is 0 Å². The highest BCUT2D eigenvalue weighted by molar-refractivity contribution is 7.99. The van der Waals surface area contributed by atoms with E-state index in [1.807, 2.05) is 31.1 Å². The Labute approximate surface area is 112 Å². The molecule has 0 fully saturated rings. The van der Waals surface area contributed by atoms with Gasteiger partial charge < -0.3 is 10.3 Å². The molecule has 0 spiro atoms. The Morgan fingerprint density at radius 3 is 2.83 bits per heavy atom. The summed E-state index contributed by atoms with van der Waals surface area (Å²) in [6, 6.07) is 10.6. The summed E-state index contributed by atoms with van der Waals surface area (Å²) < 4.78 is 2.13. The van der Waals surface area contributed by atoms with E-state index in [0.717, 1.165) is 24.4 Å². The van der Waals surface area contributed by atoms with E-state index < -0.39 is 0 Å². The number of hydrogen-bond donors (Lipinski definition) is 1. The van der Waals surface area contributed by atoms with Gasteiger partial charge in [-0.25, -0.2) is 4.98 Å². The van der Waals surface area contributed by atoms with Gasteiger partial charge in [-0.3, -0.25) is 0 Å². The van der Waals surface area contributed by atoms with Crippen LogP contribution in [0.4, 0.5) is 0 Å². The molecule has 0 aliphatic rings. The van der Waals surface area contributed by atoms with Gasteiger partial charge in [-0.05, 0) is 19.1 Å². The van der Waals surface area contributed by atoms with E-state index in [2.05, 4.69) is 40.0 Å². The van der Waals surface area contributed by atoms with E-state index in [1.165, 1.54) is 4.90 Å². The Hall–Kier alpha value is -1.26. The first-order chi connectivity index (χ1) is 8.74. The van der Waals surface area contributed by atoms with E-state index in [1.54, 1.807) is 0 Å². The van der Waals surface area contributed by atoms with E-state index >= 15 is 0 Å². The summed E-state index contributed by atoms with van der Waals surface area (Å²) in [6.07, 6.45) is 4.83. The zero-order chi connectivity index (χ0) is 12.8. The van der Waals surface area contributed by atoms with Gasteiger partial charge >= 0.3 is 0 Å². The standard InChI is InChI=1S/C14H19N3S/c1-12(15)9-13-10-17(11-16-13)7-8-18-14-5-3-2-4-6-14/h2-6,10-12H,7-9,15H2,1H3. The lowest BCUT2D eigenvalue weighted by atomic mass is 10.2. The van der Waals surface area contributed by atoms with Crippen LogP contribution in [0.25, 0.3) is 0 Å². The lowest BCUT2D eigenvalue weighted by Crippen LogP contribution is -2.17. The Morgan fingerprint density at radius 1 is 1.33 bits per heavy atom. The van der Waals surface area contributed by atoms with Gasteiger partial charge in [0, 0.05) is 35.9 Å². The number of nitrogens with two attached hydrogens (primary N) is 1. The molecule has 2 aromatic rings. The van der Waals surface area contributed by atoms with Crippen molar-refractivity contribution in [1.29, 1.82) is 0 Å². The molecule has 3 nitrogen and oxygen atoms in total. The molecule has 1 aromatic carbocycles. The highest BCUT2D eigenvalue weighted by atomic mass is 32.2. The average Bonchev–Trinajstić information content (AvgIpc) is 2.77. The van der Waals surface area contributed by atoms with Crippen LogP contribution in [0, 0.1) is 0 Å². The molecule has 1 aromatic heterocycles. The summed E-state index contributed by atoms with van der Waals surface area (Å²) in [4.78, 5) is 5.67. The Morgan fingerprint density at radius 2 is 2.11 bits per heavy atom.